The minimum atomic E-state index is -1.37. The van der Waals surface area contributed by atoms with E-state index in [-0.39, 0.29) is 11.7 Å². The summed E-state index contributed by atoms with van der Waals surface area (Å²) in [4.78, 5) is 26.7. The molecule has 9 nitrogen and oxygen atoms in total. The van der Waals surface area contributed by atoms with E-state index in [1.54, 1.807) is 6.92 Å². The van der Waals surface area contributed by atoms with Gasteiger partial charge in [0.2, 0.25) is 5.91 Å². The van der Waals surface area contributed by atoms with Crippen molar-refractivity contribution in [1.82, 2.24) is 9.55 Å². The van der Waals surface area contributed by atoms with Crippen LogP contribution in [0.2, 0.25) is 0 Å². The molecule has 1 aromatic rings. The number of carbonyl (C=O) groups excluding carboxylic acids is 1. The SMILES string of the molecule is CC(=O)Nc1nc(=O)n(C2OC(CO)C(O)C2O)cc1C. The lowest BCUT2D eigenvalue weighted by atomic mass is 10.1. The molecular weight excluding hydrogens is 282 g/mol. The van der Waals surface area contributed by atoms with Gasteiger partial charge >= 0.3 is 5.69 Å². The minimum absolute atomic E-state index is 0.121. The molecule has 1 aromatic heterocycles. The summed E-state index contributed by atoms with van der Waals surface area (Å²) >= 11 is 0. The van der Waals surface area contributed by atoms with Crippen molar-refractivity contribution in [2.45, 2.75) is 38.4 Å². The summed E-state index contributed by atoms with van der Waals surface area (Å²) in [5.74, 6) is -0.244. The second kappa shape index (κ2) is 5.90. The molecule has 2 rings (SSSR count). The van der Waals surface area contributed by atoms with E-state index in [0.29, 0.717) is 5.56 Å². The molecule has 4 unspecified atom stereocenters. The predicted molar refractivity (Wildman–Crippen MR) is 70.5 cm³/mol. The largest absolute Gasteiger partial charge is 0.394 e. The monoisotopic (exact) mass is 299 g/mol. The quantitative estimate of drug-likeness (QED) is 0.513. The van der Waals surface area contributed by atoms with Gasteiger partial charge in [-0.2, -0.15) is 4.98 Å². The van der Waals surface area contributed by atoms with Gasteiger partial charge in [-0.3, -0.25) is 9.36 Å². The predicted octanol–water partition coefficient (Wildman–Crippen LogP) is -1.88. The van der Waals surface area contributed by atoms with E-state index in [9.17, 15) is 19.8 Å². The van der Waals surface area contributed by atoms with Gasteiger partial charge in [0.15, 0.2) is 6.23 Å². The normalized spacial score (nSPS) is 28.6. The molecule has 4 N–H and O–H groups in total. The zero-order valence-electron chi connectivity index (χ0n) is 11.6. The summed E-state index contributed by atoms with van der Waals surface area (Å²) in [5.41, 5.74) is -0.262. The second-order valence-corrected chi connectivity index (χ2v) is 4.87. The van der Waals surface area contributed by atoms with Crippen LogP contribution in [0.25, 0.3) is 0 Å². The van der Waals surface area contributed by atoms with Crippen molar-refractivity contribution in [1.29, 1.82) is 0 Å². The first-order valence-corrected chi connectivity index (χ1v) is 6.35. The van der Waals surface area contributed by atoms with E-state index in [4.69, 9.17) is 9.84 Å². The fourth-order valence-corrected chi connectivity index (χ4v) is 2.15. The van der Waals surface area contributed by atoms with Crippen molar-refractivity contribution >= 4 is 11.7 Å². The molecule has 0 saturated carbocycles. The molecule has 9 heteroatoms. The number of amides is 1. The molecule has 4 atom stereocenters. The minimum Gasteiger partial charge on any atom is -0.394 e. The van der Waals surface area contributed by atoms with Crippen LogP contribution in [0.15, 0.2) is 11.0 Å². The lowest BCUT2D eigenvalue weighted by Crippen LogP contribution is -2.36. The van der Waals surface area contributed by atoms with Crippen LogP contribution in [0, 0.1) is 6.92 Å². The van der Waals surface area contributed by atoms with Crippen LogP contribution < -0.4 is 11.0 Å². The van der Waals surface area contributed by atoms with Crippen LogP contribution >= 0.6 is 0 Å². The zero-order chi connectivity index (χ0) is 15.7. The molecular formula is C12H17N3O6. The molecule has 1 saturated heterocycles. The van der Waals surface area contributed by atoms with E-state index in [2.05, 4.69) is 10.3 Å². The Morgan fingerprint density at radius 3 is 2.67 bits per heavy atom. The Morgan fingerprint density at radius 1 is 1.48 bits per heavy atom. The summed E-state index contributed by atoms with van der Waals surface area (Å²) in [5, 5.41) is 31.0. The van der Waals surface area contributed by atoms with Gasteiger partial charge in [0, 0.05) is 18.7 Å². The lowest BCUT2D eigenvalue weighted by Gasteiger charge is -2.18. The fourth-order valence-electron chi connectivity index (χ4n) is 2.15. The molecule has 2 heterocycles. The van der Waals surface area contributed by atoms with Gasteiger partial charge in [-0.05, 0) is 6.92 Å². The number of aryl methyl sites for hydroxylation is 1. The summed E-state index contributed by atoms with van der Waals surface area (Å²) in [6.45, 7) is 2.42. The van der Waals surface area contributed by atoms with E-state index >= 15 is 0 Å². The topological polar surface area (TPSA) is 134 Å². The van der Waals surface area contributed by atoms with Crippen LogP contribution in [0.4, 0.5) is 5.82 Å². The van der Waals surface area contributed by atoms with Crippen LogP contribution in [0.5, 0.6) is 0 Å². The molecule has 1 aliphatic heterocycles. The average molecular weight is 299 g/mol. The number of anilines is 1. The highest BCUT2D eigenvalue weighted by molar-refractivity contribution is 5.88. The summed E-state index contributed by atoms with van der Waals surface area (Å²) in [6, 6.07) is 0. The highest BCUT2D eigenvalue weighted by Crippen LogP contribution is 2.28. The number of aromatic nitrogens is 2. The molecule has 116 valence electrons. The van der Waals surface area contributed by atoms with Crippen LogP contribution in [-0.4, -0.2) is 55.7 Å². The molecule has 1 aliphatic rings. The molecule has 0 bridgehead atoms. The smallest absolute Gasteiger partial charge is 0.351 e. The van der Waals surface area contributed by atoms with E-state index in [0.717, 1.165) is 4.57 Å². The van der Waals surface area contributed by atoms with Gasteiger partial charge in [-0.15, -0.1) is 0 Å². The number of nitrogens with one attached hydrogen (secondary N) is 1. The molecule has 0 aromatic carbocycles. The Bertz CT molecular complexity index is 601. The molecule has 1 amide bonds. The van der Waals surface area contributed by atoms with Crippen molar-refractivity contribution in [3.63, 3.8) is 0 Å². The molecule has 0 spiro atoms. The Balaban J connectivity index is 2.35. The second-order valence-electron chi connectivity index (χ2n) is 4.87. The van der Waals surface area contributed by atoms with E-state index < -0.39 is 36.8 Å². The summed E-state index contributed by atoms with van der Waals surface area (Å²) < 4.78 is 6.28. The number of aliphatic hydroxyl groups excluding tert-OH is 3. The maximum atomic E-state index is 12.0. The summed E-state index contributed by atoms with van der Waals surface area (Å²) in [6.07, 6.45) is -3.44. The van der Waals surface area contributed by atoms with Gasteiger partial charge in [0.1, 0.15) is 24.1 Å². The maximum Gasteiger partial charge on any atom is 0.351 e. The fraction of sp³-hybridized carbons (Fsp3) is 0.583. The highest BCUT2D eigenvalue weighted by Gasteiger charge is 2.43. The Hall–Kier alpha value is -1.81. The molecule has 21 heavy (non-hydrogen) atoms. The number of carbonyl (C=O) groups is 1. The van der Waals surface area contributed by atoms with Gasteiger partial charge in [0.25, 0.3) is 0 Å². The van der Waals surface area contributed by atoms with Crippen LogP contribution in [-0.2, 0) is 9.53 Å². The van der Waals surface area contributed by atoms with Gasteiger partial charge in [0.05, 0.1) is 6.61 Å². The van der Waals surface area contributed by atoms with Crippen molar-refractivity contribution in [3.8, 4) is 0 Å². The molecule has 0 radical (unpaired) electrons. The summed E-state index contributed by atoms with van der Waals surface area (Å²) in [7, 11) is 0. The van der Waals surface area contributed by atoms with E-state index in [1.165, 1.54) is 13.1 Å². The van der Waals surface area contributed by atoms with Gasteiger partial charge in [-0.1, -0.05) is 0 Å². The van der Waals surface area contributed by atoms with Crippen LogP contribution in [0.3, 0.4) is 0 Å². The Morgan fingerprint density at radius 2 is 2.14 bits per heavy atom. The van der Waals surface area contributed by atoms with Crippen molar-refractivity contribution in [2.75, 3.05) is 11.9 Å². The third-order valence-electron chi connectivity index (χ3n) is 3.22. The first kappa shape index (κ1) is 15.6. The van der Waals surface area contributed by atoms with Crippen LogP contribution in [0.1, 0.15) is 18.7 Å². The van der Waals surface area contributed by atoms with Gasteiger partial charge < -0.3 is 25.4 Å². The number of hydrogen-bond donors (Lipinski definition) is 4. The van der Waals surface area contributed by atoms with Gasteiger partial charge in [-0.25, -0.2) is 4.79 Å². The zero-order valence-corrected chi connectivity index (χ0v) is 11.6. The number of aliphatic hydroxyl groups is 3. The standard InChI is InChI=1S/C12H17N3O6/c1-5-3-15(12(20)14-10(5)13-6(2)17)11-9(19)8(18)7(4-16)21-11/h3,7-9,11,16,18-19H,4H2,1-2H3,(H,13,14,17,20). The van der Waals surface area contributed by atoms with Crippen molar-refractivity contribution < 1.29 is 24.9 Å². The number of hydrogen-bond acceptors (Lipinski definition) is 7. The lowest BCUT2D eigenvalue weighted by molar-refractivity contribution is -0.114. The van der Waals surface area contributed by atoms with E-state index in [1.807, 2.05) is 0 Å². The van der Waals surface area contributed by atoms with Crippen molar-refractivity contribution in [2.24, 2.45) is 0 Å². The maximum absolute atomic E-state index is 12.0. The first-order chi connectivity index (χ1) is 9.85. The third-order valence-corrected chi connectivity index (χ3v) is 3.22. The molecule has 1 fully saturated rings. The highest BCUT2D eigenvalue weighted by atomic mass is 16.6. The Labute approximate surface area is 119 Å². The average Bonchev–Trinajstić information content (AvgIpc) is 2.69. The first-order valence-electron chi connectivity index (χ1n) is 6.35. The number of ether oxygens (including phenoxy) is 1. The van der Waals surface area contributed by atoms with Crippen molar-refractivity contribution in [3.05, 3.63) is 22.2 Å². The number of rotatable bonds is 3. The molecule has 0 aliphatic carbocycles. The third kappa shape index (κ3) is 2.95. The Kier molecular flexibility index (Phi) is 4.37. The number of nitrogens with zero attached hydrogens (tertiary/aromatic N) is 2.